The highest BCUT2D eigenvalue weighted by Crippen LogP contribution is 2.44. The van der Waals surface area contributed by atoms with E-state index in [-0.39, 0.29) is 11.9 Å². The number of nitriles is 1. The largest absolute Gasteiger partial charge is 0.462 e. The minimum Gasteiger partial charge on any atom is -0.462 e. The molecule has 0 aromatic carbocycles. The Labute approximate surface area is 220 Å². The molecule has 208 valence electrons. The first-order valence-electron chi connectivity index (χ1n) is 11.9. The number of nitrogens with one attached hydrogen (secondary N) is 1. The zero-order chi connectivity index (χ0) is 28.4. The van der Waals surface area contributed by atoms with Gasteiger partial charge in [-0.3, -0.25) is 14.2 Å². The van der Waals surface area contributed by atoms with Crippen molar-refractivity contribution in [2.24, 2.45) is 5.41 Å². The number of nitrogens with two attached hydrogens (primary N) is 1. The summed E-state index contributed by atoms with van der Waals surface area (Å²) in [5.41, 5.74) is 3.62. The summed E-state index contributed by atoms with van der Waals surface area (Å²) < 4.78 is 36.1. The second-order valence-corrected chi connectivity index (χ2v) is 11.4. The highest BCUT2D eigenvalue weighted by Gasteiger charge is 2.60. The van der Waals surface area contributed by atoms with E-state index in [4.69, 9.17) is 24.5 Å². The number of anilines is 1. The van der Waals surface area contributed by atoms with Crippen LogP contribution in [0.5, 0.6) is 0 Å². The van der Waals surface area contributed by atoms with Crippen LogP contribution in [-0.4, -0.2) is 68.2 Å². The molecule has 1 unspecified atom stereocenters. The van der Waals surface area contributed by atoms with Crippen molar-refractivity contribution in [1.29, 1.82) is 5.26 Å². The highest BCUT2D eigenvalue weighted by molar-refractivity contribution is 7.36. The molecule has 0 saturated carbocycles. The molecular weight excluding hydrogens is 519 g/mol. The van der Waals surface area contributed by atoms with Crippen molar-refractivity contribution in [2.45, 2.75) is 77.6 Å². The summed E-state index contributed by atoms with van der Waals surface area (Å²) in [4.78, 5) is 28.7. The van der Waals surface area contributed by atoms with Gasteiger partial charge in [0.05, 0.1) is 17.2 Å². The van der Waals surface area contributed by atoms with Crippen LogP contribution >= 0.6 is 8.18 Å². The molecule has 1 aliphatic rings. The number of hydrogen-bond acceptors (Lipinski definition) is 12. The lowest BCUT2D eigenvalue weighted by molar-refractivity contribution is -0.170. The quantitative estimate of drug-likeness (QED) is 0.297. The number of hydrogen-bond donors (Lipinski definition) is 3. The number of fused-ring (bicyclic) bond motifs is 1. The Balaban J connectivity index is 1.89. The fourth-order valence-electron chi connectivity index (χ4n) is 3.70. The molecule has 14 nitrogen and oxygen atoms in total. The summed E-state index contributed by atoms with van der Waals surface area (Å²) in [5, 5.41) is 28.1. The van der Waals surface area contributed by atoms with E-state index in [0.29, 0.717) is 11.2 Å². The van der Waals surface area contributed by atoms with E-state index in [0.717, 1.165) is 0 Å². The van der Waals surface area contributed by atoms with Crippen molar-refractivity contribution in [3.8, 4) is 6.07 Å². The van der Waals surface area contributed by atoms with Crippen LogP contribution in [0.1, 0.15) is 53.3 Å². The monoisotopic (exact) mass is 552 g/mol. The predicted molar refractivity (Wildman–Crippen MR) is 134 cm³/mol. The lowest BCUT2D eigenvalue weighted by Gasteiger charge is -2.30. The second kappa shape index (κ2) is 11.3. The van der Waals surface area contributed by atoms with Crippen molar-refractivity contribution in [2.75, 3.05) is 12.3 Å². The lowest BCUT2D eigenvalue weighted by Crippen LogP contribution is -2.49. The van der Waals surface area contributed by atoms with Gasteiger partial charge in [-0.05, 0) is 53.7 Å². The van der Waals surface area contributed by atoms with Gasteiger partial charge in [0.1, 0.15) is 42.8 Å². The topological polar surface area (TPSA) is 200 Å². The summed E-state index contributed by atoms with van der Waals surface area (Å²) in [6, 6.07) is 4.16. The first-order valence-corrected chi connectivity index (χ1v) is 13.2. The number of aliphatic hydroxyl groups is 1. The number of esters is 2. The van der Waals surface area contributed by atoms with Crippen LogP contribution in [0.25, 0.3) is 5.52 Å². The van der Waals surface area contributed by atoms with E-state index in [2.05, 4.69) is 15.2 Å². The van der Waals surface area contributed by atoms with Crippen LogP contribution in [-0.2, 0) is 32.9 Å². The maximum absolute atomic E-state index is 12.8. The summed E-state index contributed by atoms with van der Waals surface area (Å²) in [7, 11) is -3.11. The van der Waals surface area contributed by atoms with Gasteiger partial charge < -0.3 is 29.6 Å². The number of rotatable bonds is 9. The fourth-order valence-corrected chi connectivity index (χ4v) is 4.60. The van der Waals surface area contributed by atoms with Crippen molar-refractivity contribution in [3.05, 3.63) is 24.2 Å². The van der Waals surface area contributed by atoms with Gasteiger partial charge in [0.25, 0.3) is 8.18 Å². The van der Waals surface area contributed by atoms with Crippen LogP contribution in [0.2, 0.25) is 0 Å². The van der Waals surface area contributed by atoms with E-state index >= 15 is 0 Å². The molecule has 0 spiro atoms. The first-order chi connectivity index (χ1) is 17.7. The van der Waals surface area contributed by atoms with Crippen molar-refractivity contribution in [1.82, 2.24) is 19.7 Å². The predicted octanol–water partition coefficient (Wildman–Crippen LogP) is 1.30. The van der Waals surface area contributed by atoms with Gasteiger partial charge in [-0.1, -0.05) is 0 Å². The van der Waals surface area contributed by atoms with Gasteiger partial charge in [0, 0.05) is 0 Å². The van der Waals surface area contributed by atoms with Gasteiger partial charge in [0.2, 0.25) is 5.60 Å². The van der Waals surface area contributed by atoms with Crippen molar-refractivity contribution >= 4 is 31.5 Å². The van der Waals surface area contributed by atoms with E-state index in [1.165, 1.54) is 17.8 Å². The van der Waals surface area contributed by atoms with Crippen molar-refractivity contribution < 1.29 is 38.0 Å². The average Bonchev–Trinajstić information content (AvgIpc) is 3.37. The molecular formula is C23H33N6O8P. The van der Waals surface area contributed by atoms with Gasteiger partial charge >= 0.3 is 11.9 Å². The van der Waals surface area contributed by atoms with E-state index in [9.17, 15) is 24.5 Å². The Morgan fingerprint density at radius 1 is 1.37 bits per heavy atom. The molecule has 1 aliphatic heterocycles. The van der Waals surface area contributed by atoms with Crippen LogP contribution in [0, 0.1) is 16.7 Å². The normalized spacial score (nSPS) is 25.2. The molecule has 2 aromatic heterocycles. The zero-order valence-electron chi connectivity index (χ0n) is 22.0. The van der Waals surface area contributed by atoms with Crippen LogP contribution in [0.15, 0.2) is 18.5 Å². The van der Waals surface area contributed by atoms with Crippen molar-refractivity contribution in [3.63, 3.8) is 0 Å². The minimum atomic E-state index is -3.11. The standard InChI is InChI=1S/C23H33N6O8P/c1-12(2)35-20(31)13(3)28-38(33)34-10-23(9-24)18(36-21(32)22(4,5)6)16(30)17(37-23)14-7-8-15-19(25)26-11-27-29(14)15/h7-8,11-13,16-18,30,38H,10H2,1-6H3,(H,28,33)(H2,25,26,27)/t13-,16-,17-,18-,23+/m0/s1. The van der Waals surface area contributed by atoms with E-state index < -0.39 is 62.1 Å². The number of carbonyl (C=O) groups is 2. The second-order valence-electron chi connectivity index (χ2n) is 10.2. The van der Waals surface area contributed by atoms with E-state index in [1.54, 1.807) is 46.8 Å². The maximum atomic E-state index is 12.8. The van der Waals surface area contributed by atoms with Crippen LogP contribution in [0.3, 0.4) is 0 Å². The third kappa shape index (κ3) is 6.14. The van der Waals surface area contributed by atoms with Gasteiger partial charge in [0.15, 0.2) is 11.9 Å². The molecule has 4 N–H and O–H groups in total. The number of nitrogens with zero attached hydrogens (tertiary/aromatic N) is 4. The third-order valence-electron chi connectivity index (χ3n) is 5.71. The Morgan fingerprint density at radius 3 is 2.66 bits per heavy atom. The number of aliphatic hydroxyl groups excluding tert-OH is 1. The molecule has 6 atom stereocenters. The smallest absolute Gasteiger partial charge is 0.323 e. The number of nitrogen functional groups attached to an aromatic ring is 1. The number of aromatic nitrogens is 3. The molecule has 1 saturated heterocycles. The van der Waals surface area contributed by atoms with E-state index in [1.807, 2.05) is 6.07 Å². The first kappa shape index (κ1) is 29.5. The van der Waals surface area contributed by atoms with Gasteiger partial charge in [-0.15, -0.1) is 0 Å². The van der Waals surface area contributed by atoms with Gasteiger partial charge in [-0.25, -0.2) is 14.6 Å². The summed E-state index contributed by atoms with van der Waals surface area (Å²) >= 11 is 0. The summed E-state index contributed by atoms with van der Waals surface area (Å²) in [6.07, 6.45) is -3.41. The van der Waals surface area contributed by atoms with Crippen LogP contribution in [0.4, 0.5) is 5.82 Å². The Hall–Kier alpha value is -3.08. The summed E-state index contributed by atoms with van der Waals surface area (Å²) in [6.45, 7) is 8.97. The Bertz CT molecular complexity index is 1250. The molecule has 15 heteroatoms. The lowest BCUT2D eigenvalue weighted by atomic mass is 9.93. The minimum absolute atomic E-state index is 0.180. The molecule has 38 heavy (non-hydrogen) atoms. The fraction of sp³-hybridized carbons (Fsp3) is 0.609. The number of ether oxygens (including phenoxy) is 3. The average molecular weight is 553 g/mol. The molecule has 0 bridgehead atoms. The Morgan fingerprint density at radius 2 is 2.05 bits per heavy atom. The molecule has 0 aliphatic carbocycles. The number of carbonyl (C=O) groups excluding carboxylic acids is 2. The summed E-state index contributed by atoms with van der Waals surface area (Å²) in [5.74, 6) is -1.16. The van der Waals surface area contributed by atoms with Gasteiger partial charge in [-0.2, -0.15) is 10.4 Å². The van der Waals surface area contributed by atoms with Crippen LogP contribution < -0.4 is 10.8 Å². The zero-order valence-corrected chi connectivity index (χ0v) is 23.0. The molecule has 1 fully saturated rings. The molecule has 3 rings (SSSR count). The molecule has 3 heterocycles. The molecule has 2 aromatic rings. The maximum Gasteiger partial charge on any atom is 0.323 e. The Kier molecular flexibility index (Phi) is 8.80. The molecule has 0 amide bonds. The highest BCUT2D eigenvalue weighted by atomic mass is 31.1. The SMILES string of the molecule is CC(C)OC(=O)[C@H](C)N[PH](=O)OC[C@@]1(C#N)O[C@@H](c2ccc3c(N)ncnn23)[C@H](O)[C@@H]1OC(=O)C(C)(C)C. The molecule has 0 radical (unpaired) electrons. The third-order valence-corrected chi connectivity index (χ3v) is 6.79.